The van der Waals surface area contributed by atoms with E-state index >= 15 is 0 Å². The van der Waals surface area contributed by atoms with E-state index in [0.29, 0.717) is 11.5 Å². The first-order valence-electron chi connectivity index (χ1n) is 8.06. The van der Waals surface area contributed by atoms with Crippen molar-refractivity contribution in [3.63, 3.8) is 0 Å². The summed E-state index contributed by atoms with van der Waals surface area (Å²) in [5.41, 5.74) is 0.987. The molecule has 0 aliphatic heterocycles. The van der Waals surface area contributed by atoms with Crippen LogP contribution in [0.15, 0.2) is 36.4 Å². The monoisotopic (exact) mass is 342 g/mol. The fourth-order valence-electron chi connectivity index (χ4n) is 2.14. The molecule has 0 heterocycles. The summed E-state index contributed by atoms with van der Waals surface area (Å²) in [4.78, 5) is 23.9. The SMILES string of the molecule is CC(C)(O)[C@H](NC(=O)c1ccc(C#CC=CC2CC2)cc1)C(=O)NO. The third-order valence-electron chi connectivity index (χ3n) is 3.79. The Morgan fingerprint density at radius 2 is 1.92 bits per heavy atom. The molecule has 25 heavy (non-hydrogen) atoms. The minimum atomic E-state index is -1.54. The number of hydrogen-bond acceptors (Lipinski definition) is 4. The number of hydrogen-bond donors (Lipinski definition) is 4. The molecule has 1 fully saturated rings. The third kappa shape index (κ3) is 5.75. The van der Waals surface area contributed by atoms with Crippen LogP contribution in [-0.2, 0) is 4.79 Å². The summed E-state index contributed by atoms with van der Waals surface area (Å²) >= 11 is 0. The van der Waals surface area contributed by atoms with E-state index < -0.39 is 23.5 Å². The van der Waals surface area contributed by atoms with Crippen molar-refractivity contribution in [2.24, 2.45) is 5.92 Å². The second-order valence-electron chi connectivity index (χ2n) is 6.58. The van der Waals surface area contributed by atoms with Gasteiger partial charge in [-0.05, 0) is 62.9 Å². The molecule has 6 heteroatoms. The molecule has 1 atom stereocenters. The van der Waals surface area contributed by atoms with Crippen molar-refractivity contribution in [1.82, 2.24) is 10.8 Å². The predicted molar refractivity (Wildman–Crippen MR) is 92.7 cm³/mol. The first-order chi connectivity index (χ1) is 11.8. The van der Waals surface area contributed by atoms with Crippen LogP contribution in [0.1, 0.15) is 42.6 Å². The number of allylic oxidation sites excluding steroid dienone is 2. The lowest BCUT2D eigenvalue weighted by Gasteiger charge is -2.28. The first-order valence-corrected chi connectivity index (χ1v) is 8.06. The molecule has 0 aromatic heterocycles. The third-order valence-corrected chi connectivity index (χ3v) is 3.79. The Labute approximate surface area is 146 Å². The van der Waals surface area contributed by atoms with E-state index in [1.807, 2.05) is 6.08 Å². The van der Waals surface area contributed by atoms with E-state index in [2.05, 4.69) is 23.2 Å². The molecule has 1 aliphatic carbocycles. The van der Waals surface area contributed by atoms with E-state index in [9.17, 15) is 14.7 Å². The lowest BCUT2D eigenvalue weighted by atomic mass is 9.97. The summed E-state index contributed by atoms with van der Waals surface area (Å²) < 4.78 is 0. The van der Waals surface area contributed by atoms with E-state index in [-0.39, 0.29) is 0 Å². The highest BCUT2D eigenvalue weighted by molar-refractivity contribution is 5.97. The highest BCUT2D eigenvalue weighted by atomic mass is 16.5. The highest BCUT2D eigenvalue weighted by Gasteiger charge is 2.34. The number of carbonyl (C=O) groups is 2. The van der Waals surface area contributed by atoms with Crippen molar-refractivity contribution < 1.29 is 19.9 Å². The number of benzene rings is 1. The molecular formula is C19H22N2O4. The number of aliphatic hydroxyl groups is 1. The Kier molecular flexibility index (Phi) is 5.97. The largest absolute Gasteiger partial charge is 0.388 e. The van der Waals surface area contributed by atoms with Crippen LogP contribution in [0, 0.1) is 17.8 Å². The fraction of sp³-hybridized carbons (Fsp3) is 0.368. The quantitative estimate of drug-likeness (QED) is 0.369. The summed E-state index contributed by atoms with van der Waals surface area (Å²) in [6, 6.07) is 5.29. The number of hydroxylamine groups is 1. The topological polar surface area (TPSA) is 98.7 Å². The van der Waals surface area contributed by atoms with Crippen molar-refractivity contribution >= 4 is 11.8 Å². The zero-order valence-electron chi connectivity index (χ0n) is 14.2. The molecule has 6 nitrogen and oxygen atoms in total. The van der Waals surface area contributed by atoms with Gasteiger partial charge in [-0.25, -0.2) is 5.48 Å². The summed E-state index contributed by atoms with van der Waals surface area (Å²) in [5.74, 6) is 5.18. The van der Waals surface area contributed by atoms with Crippen LogP contribution in [0.25, 0.3) is 0 Å². The normalized spacial score (nSPS) is 15.2. The minimum Gasteiger partial charge on any atom is -0.388 e. The first kappa shape index (κ1) is 18.7. The molecule has 0 unspecified atom stereocenters. The summed E-state index contributed by atoms with van der Waals surface area (Å²) in [6.45, 7) is 2.72. The summed E-state index contributed by atoms with van der Waals surface area (Å²) in [6.07, 6.45) is 6.42. The van der Waals surface area contributed by atoms with Gasteiger partial charge in [0.1, 0.15) is 6.04 Å². The molecule has 1 aliphatic rings. The molecule has 0 radical (unpaired) electrons. The van der Waals surface area contributed by atoms with Crippen molar-refractivity contribution in [3.8, 4) is 11.8 Å². The molecule has 0 spiro atoms. The number of amides is 2. The van der Waals surface area contributed by atoms with Gasteiger partial charge in [0.25, 0.3) is 11.8 Å². The lowest BCUT2D eigenvalue weighted by Crippen LogP contribution is -2.57. The van der Waals surface area contributed by atoms with Gasteiger partial charge in [-0.3, -0.25) is 14.8 Å². The number of nitrogens with one attached hydrogen (secondary N) is 2. The Hall–Kier alpha value is -2.62. The Bertz CT molecular complexity index is 717. The Morgan fingerprint density at radius 3 is 2.44 bits per heavy atom. The molecular weight excluding hydrogens is 320 g/mol. The van der Waals surface area contributed by atoms with Crippen LogP contribution < -0.4 is 10.8 Å². The molecule has 0 bridgehead atoms. The zero-order valence-corrected chi connectivity index (χ0v) is 14.2. The fourth-order valence-corrected chi connectivity index (χ4v) is 2.14. The Balaban J connectivity index is 2.02. The van der Waals surface area contributed by atoms with Gasteiger partial charge in [-0.1, -0.05) is 17.9 Å². The molecule has 2 amide bonds. The molecule has 132 valence electrons. The zero-order chi connectivity index (χ0) is 18.4. The van der Waals surface area contributed by atoms with Crippen LogP contribution in [0.5, 0.6) is 0 Å². The maximum atomic E-state index is 12.2. The van der Waals surface area contributed by atoms with Crippen molar-refractivity contribution in [2.45, 2.75) is 38.3 Å². The molecule has 2 rings (SSSR count). The van der Waals surface area contributed by atoms with E-state index in [0.717, 1.165) is 5.56 Å². The maximum Gasteiger partial charge on any atom is 0.268 e. The minimum absolute atomic E-state index is 0.319. The van der Waals surface area contributed by atoms with E-state index in [1.165, 1.54) is 32.2 Å². The second kappa shape index (κ2) is 7.97. The standard InChI is InChI=1S/C19H22N2O4/c1-19(2,24)16(18(23)21-25)20-17(22)15-11-9-14(10-12-15)6-4-3-5-13-7-8-13/h3,5,9-13,16,24-25H,7-8H2,1-2H3,(H,20,22)(H,21,23)/t16-/m1/s1. The molecule has 1 saturated carbocycles. The van der Waals surface area contributed by atoms with Crippen molar-refractivity contribution in [2.75, 3.05) is 0 Å². The van der Waals surface area contributed by atoms with Gasteiger partial charge in [0.05, 0.1) is 5.60 Å². The van der Waals surface area contributed by atoms with Gasteiger partial charge in [0.15, 0.2) is 0 Å². The lowest BCUT2D eigenvalue weighted by molar-refractivity contribution is -0.136. The smallest absolute Gasteiger partial charge is 0.268 e. The second-order valence-corrected chi connectivity index (χ2v) is 6.58. The molecule has 4 N–H and O–H groups in total. The van der Waals surface area contributed by atoms with Gasteiger partial charge in [-0.2, -0.15) is 0 Å². The number of carbonyl (C=O) groups excluding carboxylic acids is 2. The van der Waals surface area contributed by atoms with Crippen LogP contribution in [0.2, 0.25) is 0 Å². The molecule has 1 aromatic carbocycles. The van der Waals surface area contributed by atoms with Crippen LogP contribution in [0.4, 0.5) is 0 Å². The van der Waals surface area contributed by atoms with Crippen LogP contribution in [0.3, 0.4) is 0 Å². The summed E-state index contributed by atoms with van der Waals surface area (Å²) in [7, 11) is 0. The molecule has 0 saturated heterocycles. The van der Waals surface area contributed by atoms with Gasteiger partial charge >= 0.3 is 0 Å². The molecule has 1 aromatic rings. The highest BCUT2D eigenvalue weighted by Crippen LogP contribution is 2.29. The van der Waals surface area contributed by atoms with E-state index in [1.54, 1.807) is 24.3 Å². The average molecular weight is 342 g/mol. The van der Waals surface area contributed by atoms with Gasteiger partial charge in [0, 0.05) is 11.1 Å². The van der Waals surface area contributed by atoms with Gasteiger partial charge in [0.2, 0.25) is 0 Å². The van der Waals surface area contributed by atoms with Gasteiger partial charge < -0.3 is 10.4 Å². The van der Waals surface area contributed by atoms with E-state index in [4.69, 9.17) is 5.21 Å². The van der Waals surface area contributed by atoms with Crippen molar-refractivity contribution in [1.29, 1.82) is 0 Å². The summed E-state index contributed by atoms with van der Waals surface area (Å²) in [5, 5.41) is 21.1. The number of rotatable bonds is 5. The van der Waals surface area contributed by atoms with Crippen LogP contribution in [-0.4, -0.2) is 33.8 Å². The predicted octanol–water partition coefficient (Wildman–Crippen LogP) is 1.38. The van der Waals surface area contributed by atoms with Gasteiger partial charge in [-0.15, -0.1) is 0 Å². The van der Waals surface area contributed by atoms with Crippen LogP contribution >= 0.6 is 0 Å². The maximum absolute atomic E-state index is 12.2. The average Bonchev–Trinajstić information content (AvgIpc) is 3.39. The Morgan fingerprint density at radius 1 is 1.28 bits per heavy atom. The van der Waals surface area contributed by atoms with Crippen molar-refractivity contribution in [3.05, 3.63) is 47.5 Å².